The zero-order valence-electron chi connectivity index (χ0n) is 19.6. The van der Waals surface area contributed by atoms with E-state index in [-0.39, 0.29) is 22.1 Å². The van der Waals surface area contributed by atoms with E-state index in [0.717, 1.165) is 4.70 Å². The zero-order chi connectivity index (χ0) is 25.4. The van der Waals surface area contributed by atoms with Crippen molar-refractivity contribution in [2.24, 2.45) is 0 Å². The number of aromatic nitrogens is 1. The van der Waals surface area contributed by atoms with E-state index < -0.39 is 14.8 Å². The van der Waals surface area contributed by atoms with Crippen molar-refractivity contribution in [3.05, 3.63) is 52.1 Å². The number of amides is 1. The van der Waals surface area contributed by atoms with Crippen LogP contribution in [-0.2, 0) is 14.6 Å². The van der Waals surface area contributed by atoms with E-state index in [4.69, 9.17) is 4.74 Å². The molecule has 2 aliphatic rings. The Morgan fingerprint density at radius 2 is 1.78 bits per heavy atom. The van der Waals surface area contributed by atoms with Gasteiger partial charge in [0.15, 0.2) is 15.0 Å². The molecule has 2 aliphatic heterocycles. The zero-order valence-corrected chi connectivity index (χ0v) is 21.3. The quantitative estimate of drug-likeness (QED) is 0.360. The smallest absolute Gasteiger partial charge is 0.293 e. The van der Waals surface area contributed by atoms with Crippen LogP contribution in [0.2, 0.25) is 0 Å². The monoisotopic (exact) mass is 531 g/mol. The lowest BCUT2D eigenvalue weighted by Gasteiger charge is -2.34. The van der Waals surface area contributed by atoms with Crippen LogP contribution in [0.4, 0.5) is 16.5 Å². The van der Waals surface area contributed by atoms with Gasteiger partial charge in [0.05, 0.1) is 27.7 Å². The van der Waals surface area contributed by atoms with Gasteiger partial charge in [-0.2, -0.15) is 0 Å². The van der Waals surface area contributed by atoms with Crippen molar-refractivity contribution in [1.82, 2.24) is 9.88 Å². The molecule has 1 amide bonds. The maximum atomic E-state index is 13.2. The Hall–Kier alpha value is -3.29. The van der Waals surface area contributed by atoms with Crippen molar-refractivity contribution >= 4 is 53.8 Å². The molecule has 11 nitrogen and oxygen atoms in total. The number of carbonyl (C=O) groups excluding carboxylic acids is 1. The molecule has 0 spiro atoms. The Bertz CT molecular complexity index is 1430. The first kappa shape index (κ1) is 24.4. The van der Waals surface area contributed by atoms with Crippen molar-refractivity contribution in [3.63, 3.8) is 0 Å². The summed E-state index contributed by atoms with van der Waals surface area (Å²) >= 11 is 1.42. The molecule has 2 fully saturated rings. The van der Waals surface area contributed by atoms with E-state index in [1.165, 1.54) is 23.7 Å². The molecule has 2 aromatic carbocycles. The Morgan fingerprint density at radius 1 is 1.06 bits per heavy atom. The highest BCUT2D eigenvalue weighted by atomic mass is 32.2. The van der Waals surface area contributed by atoms with Crippen molar-refractivity contribution in [1.29, 1.82) is 0 Å². The molecule has 5 rings (SSSR count). The lowest BCUT2D eigenvalue weighted by Crippen LogP contribution is -2.48. The Morgan fingerprint density at radius 3 is 2.44 bits per heavy atom. The van der Waals surface area contributed by atoms with Gasteiger partial charge < -0.3 is 19.4 Å². The summed E-state index contributed by atoms with van der Waals surface area (Å²) in [5, 5.41) is 12.5. The number of nitrogens with zero attached hydrogens (tertiary/aromatic N) is 5. The van der Waals surface area contributed by atoms with Gasteiger partial charge in [-0.05, 0) is 24.3 Å². The van der Waals surface area contributed by atoms with Crippen LogP contribution in [0.5, 0.6) is 0 Å². The van der Waals surface area contributed by atoms with Crippen molar-refractivity contribution in [2.75, 3.05) is 68.5 Å². The molecular weight excluding hydrogens is 506 g/mol. The van der Waals surface area contributed by atoms with Crippen LogP contribution in [0.25, 0.3) is 10.2 Å². The molecule has 1 aromatic heterocycles. The van der Waals surface area contributed by atoms with E-state index in [0.29, 0.717) is 68.8 Å². The molecule has 2 saturated heterocycles. The van der Waals surface area contributed by atoms with Crippen LogP contribution < -0.4 is 9.80 Å². The highest BCUT2D eigenvalue weighted by Gasteiger charge is 2.28. The Labute approximate surface area is 212 Å². The number of morpholine rings is 1. The number of thiazole rings is 1. The maximum Gasteiger partial charge on any atom is 0.293 e. The lowest BCUT2D eigenvalue weighted by molar-refractivity contribution is -0.384. The van der Waals surface area contributed by atoms with Crippen LogP contribution in [0.1, 0.15) is 10.4 Å². The Balaban J connectivity index is 1.31. The first-order valence-corrected chi connectivity index (χ1v) is 14.2. The molecule has 0 unspecified atom stereocenters. The number of hydrogen-bond acceptors (Lipinski definition) is 10. The lowest BCUT2D eigenvalue weighted by atomic mass is 10.1. The molecule has 0 saturated carbocycles. The van der Waals surface area contributed by atoms with E-state index in [9.17, 15) is 23.3 Å². The van der Waals surface area contributed by atoms with Gasteiger partial charge in [-0.3, -0.25) is 14.9 Å². The van der Waals surface area contributed by atoms with Crippen LogP contribution in [0.3, 0.4) is 0 Å². The fraction of sp³-hybridized carbons (Fsp3) is 0.391. The summed E-state index contributed by atoms with van der Waals surface area (Å²) in [6.07, 6.45) is 1.17. The van der Waals surface area contributed by atoms with E-state index in [2.05, 4.69) is 4.98 Å². The molecule has 13 heteroatoms. The van der Waals surface area contributed by atoms with E-state index >= 15 is 0 Å². The molecule has 0 aliphatic carbocycles. The van der Waals surface area contributed by atoms with Gasteiger partial charge in [0.2, 0.25) is 0 Å². The summed E-state index contributed by atoms with van der Waals surface area (Å²) in [6, 6.07) is 9.76. The molecule has 0 radical (unpaired) electrons. The summed E-state index contributed by atoms with van der Waals surface area (Å²) in [6.45, 7) is 4.03. The van der Waals surface area contributed by atoms with Gasteiger partial charge in [-0.25, -0.2) is 13.4 Å². The fourth-order valence-corrected chi connectivity index (χ4v) is 6.45. The highest BCUT2D eigenvalue weighted by molar-refractivity contribution is 7.91. The SMILES string of the molecule is CS(=O)(=O)c1cccc2sc(N3CCN(C(=O)c4ccc(N5CCOCC5)c([N+](=O)[O-])c4)CC3)nc12. The molecule has 36 heavy (non-hydrogen) atoms. The molecule has 0 N–H and O–H groups in total. The minimum Gasteiger partial charge on any atom is -0.378 e. The number of benzene rings is 2. The third kappa shape index (κ3) is 4.73. The number of nitro benzene ring substituents is 1. The van der Waals surface area contributed by atoms with E-state index in [1.54, 1.807) is 29.2 Å². The van der Waals surface area contributed by atoms with Gasteiger partial charge in [-0.1, -0.05) is 17.4 Å². The number of anilines is 2. The number of piperazine rings is 1. The number of ether oxygens (including phenoxy) is 1. The number of nitro groups is 1. The van der Waals surface area contributed by atoms with Gasteiger partial charge in [-0.15, -0.1) is 0 Å². The van der Waals surface area contributed by atoms with Crippen molar-refractivity contribution in [3.8, 4) is 0 Å². The van der Waals surface area contributed by atoms with E-state index in [1.807, 2.05) is 15.9 Å². The largest absolute Gasteiger partial charge is 0.378 e. The van der Waals surface area contributed by atoms with Crippen LogP contribution in [0.15, 0.2) is 41.3 Å². The summed E-state index contributed by atoms with van der Waals surface area (Å²) in [5.41, 5.74) is 1.16. The van der Waals surface area contributed by atoms with Crippen LogP contribution in [-0.4, -0.2) is 87.9 Å². The summed E-state index contributed by atoms with van der Waals surface area (Å²) in [7, 11) is -3.40. The topological polar surface area (TPSA) is 126 Å². The second kappa shape index (κ2) is 9.64. The number of hydrogen-bond donors (Lipinski definition) is 0. The predicted octanol–water partition coefficient (Wildman–Crippen LogP) is 2.41. The molecule has 0 bridgehead atoms. The second-order valence-electron chi connectivity index (χ2n) is 8.71. The van der Waals surface area contributed by atoms with Crippen LogP contribution >= 0.6 is 11.3 Å². The summed E-state index contributed by atoms with van der Waals surface area (Å²) in [4.78, 5) is 34.9. The minimum atomic E-state index is -3.40. The third-order valence-electron chi connectivity index (χ3n) is 6.38. The number of carbonyl (C=O) groups is 1. The molecule has 3 heterocycles. The van der Waals surface area contributed by atoms with Gasteiger partial charge in [0, 0.05) is 57.2 Å². The predicted molar refractivity (Wildman–Crippen MR) is 137 cm³/mol. The Kier molecular flexibility index (Phi) is 6.53. The number of fused-ring (bicyclic) bond motifs is 1. The van der Waals surface area contributed by atoms with Gasteiger partial charge in [0.1, 0.15) is 11.2 Å². The minimum absolute atomic E-state index is 0.0856. The molecule has 190 valence electrons. The normalized spacial score (nSPS) is 17.0. The van der Waals surface area contributed by atoms with Crippen molar-refractivity contribution < 1.29 is 22.9 Å². The maximum absolute atomic E-state index is 13.2. The average Bonchev–Trinajstić information content (AvgIpc) is 3.32. The average molecular weight is 532 g/mol. The standard InChI is InChI=1S/C23H25N5O6S2/c1-36(32,33)20-4-2-3-19-21(20)24-23(35-19)27-9-7-26(8-10-27)22(29)16-5-6-17(18(15-16)28(30)31)25-11-13-34-14-12-25/h2-6,15H,7-14H2,1H3. The number of rotatable bonds is 5. The molecular formula is C23H25N5O6S2. The van der Waals surface area contributed by atoms with Crippen LogP contribution in [0, 0.1) is 10.1 Å². The molecule has 3 aromatic rings. The first-order valence-electron chi connectivity index (χ1n) is 11.5. The first-order chi connectivity index (χ1) is 17.2. The van der Waals surface area contributed by atoms with Gasteiger partial charge in [0.25, 0.3) is 11.6 Å². The third-order valence-corrected chi connectivity index (χ3v) is 8.59. The van der Waals surface area contributed by atoms with Crippen molar-refractivity contribution in [2.45, 2.75) is 4.90 Å². The number of sulfone groups is 1. The fourth-order valence-electron chi connectivity index (χ4n) is 4.50. The molecule has 0 atom stereocenters. The highest BCUT2D eigenvalue weighted by Crippen LogP contribution is 2.34. The number of para-hydroxylation sites is 1. The van der Waals surface area contributed by atoms with Gasteiger partial charge >= 0.3 is 0 Å². The second-order valence-corrected chi connectivity index (χ2v) is 11.7. The summed E-state index contributed by atoms with van der Waals surface area (Å²) < 4.78 is 30.4. The summed E-state index contributed by atoms with van der Waals surface area (Å²) in [5.74, 6) is -0.255.